The number of nitrogens with one attached hydrogen (secondary N) is 1. The molecule has 1 heterocycles. The average molecular weight is 328 g/mol. The maximum Gasteiger partial charge on any atom is 0.387 e. The number of rotatable bonds is 5. The van der Waals surface area contributed by atoms with Crippen molar-refractivity contribution in [3.05, 3.63) is 42.0 Å². The van der Waals surface area contributed by atoms with Gasteiger partial charge < -0.3 is 15.0 Å². The number of amides is 2. The molecule has 6 nitrogen and oxygen atoms in total. The summed E-state index contributed by atoms with van der Waals surface area (Å²) in [4.78, 5) is 13.4. The van der Waals surface area contributed by atoms with Gasteiger partial charge in [-0.3, -0.25) is 4.68 Å². The average Bonchev–Trinajstić information content (AvgIpc) is 2.86. The SMILES string of the molecule is CN(Cc1cnn(C)c1)C(=O)Nc1ccc(OC(F)F)c(F)c1. The number of carbonyl (C=O) groups is 1. The van der Waals surface area contributed by atoms with Crippen LogP contribution in [-0.2, 0) is 13.6 Å². The Kier molecular flexibility index (Phi) is 5.09. The number of alkyl halides is 2. The van der Waals surface area contributed by atoms with Gasteiger partial charge in [-0.1, -0.05) is 0 Å². The van der Waals surface area contributed by atoms with Crippen LogP contribution in [0.25, 0.3) is 0 Å². The molecule has 0 spiro atoms. The Labute approximate surface area is 130 Å². The molecule has 124 valence electrons. The zero-order chi connectivity index (χ0) is 17.0. The predicted molar refractivity (Wildman–Crippen MR) is 76.7 cm³/mol. The van der Waals surface area contributed by atoms with Crippen molar-refractivity contribution in [1.82, 2.24) is 14.7 Å². The van der Waals surface area contributed by atoms with Crippen LogP contribution < -0.4 is 10.1 Å². The highest BCUT2D eigenvalue weighted by Crippen LogP contribution is 2.23. The molecular weight excluding hydrogens is 313 g/mol. The van der Waals surface area contributed by atoms with E-state index in [4.69, 9.17) is 0 Å². The largest absolute Gasteiger partial charge is 0.432 e. The maximum atomic E-state index is 13.6. The van der Waals surface area contributed by atoms with Crippen LogP contribution in [0.4, 0.5) is 23.7 Å². The van der Waals surface area contributed by atoms with E-state index in [2.05, 4.69) is 15.2 Å². The summed E-state index contributed by atoms with van der Waals surface area (Å²) in [6.45, 7) is -2.80. The third-order valence-corrected chi connectivity index (χ3v) is 2.92. The standard InChI is InChI=1S/C14H15F3N4O2/c1-20(7-9-6-18-21(2)8-9)14(22)19-10-3-4-12(11(15)5-10)23-13(16)17/h3-6,8,13H,7H2,1-2H3,(H,19,22). The molecule has 23 heavy (non-hydrogen) atoms. The van der Waals surface area contributed by atoms with Crippen molar-refractivity contribution in [2.24, 2.45) is 7.05 Å². The van der Waals surface area contributed by atoms with E-state index in [1.54, 1.807) is 31.2 Å². The molecule has 1 N–H and O–H groups in total. The topological polar surface area (TPSA) is 59.4 Å². The molecule has 2 amide bonds. The van der Waals surface area contributed by atoms with Gasteiger partial charge in [0, 0.05) is 37.6 Å². The number of halogens is 3. The second kappa shape index (κ2) is 7.03. The van der Waals surface area contributed by atoms with E-state index in [0.717, 1.165) is 17.7 Å². The number of hydrogen-bond donors (Lipinski definition) is 1. The molecule has 0 aliphatic heterocycles. The van der Waals surface area contributed by atoms with Gasteiger partial charge in [-0.05, 0) is 12.1 Å². The van der Waals surface area contributed by atoms with Crippen molar-refractivity contribution >= 4 is 11.7 Å². The number of benzene rings is 1. The lowest BCUT2D eigenvalue weighted by Crippen LogP contribution is -2.30. The lowest BCUT2D eigenvalue weighted by molar-refractivity contribution is -0.0521. The Balaban J connectivity index is 1.97. The second-order valence-corrected chi connectivity index (χ2v) is 4.83. The quantitative estimate of drug-likeness (QED) is 0.918. The zero-order valence-electron chi connectivity index (χ0n) is 12.5. The maximum absolute atomic E-state index is 13.6. The minimum atomic E-state index is -3.12. The highest BCUT2D eigenvalue weighted by molar-refractivity contribution is 5.89. The number of aryl methyl sites for hydroxylation is 1. The van der Waals surface area contributed by atoms with E-state index < -0.39 is 24.2 Å². The van der Waals surface area contributed by atoms with E-state index in [9.17, 15) is 18.0 Å². The van der Waals surface area contributed by atoms with Gasteiger partial charge in [-0.2, -0.15) is 13.9 Å². The van der Waals surface area contributed by atoms with Crippen LogP contribution in [0.15, 0.2) is 30.6 Å². The number of ether oxygens (including phenoxy) is 1. The highest BCUT2D eigenvalue weighted by atomic mass is 19.3. The number of aromatic nitrogens is 2. The smallest absolute Gasteiger partial charge is 0.387 e. The third kappa shape index (κ3) is 4.63. The van der Waals surface area contributed by atoms with Crippen LogP contribution in [-0.4, -0.2) is 34.4 Å². The molecule has 0 aliphatic carbocycles. The number of hydrogen-bond acceptors (Lipinski definition) is 3. The van der Waals surface area contributed by atoms with E-state index in [1.165, 1.54) is 11.0 Å². The lowest BCUT2D eigenvalue weighted by Gasteiger charge is -2.17. The first-order chi connectivity index (χ1) is 10.8. The Morgan fingerprint density at radius 1 is 1.48 bits per heavy atom. The minimum Gasteiger partial charge on any atom is -0.432 e. The Hall–Kier alpha value is -2.71. The molecule has 2 aromatic rings. The normalized spacial score (nSPS) is 10.7. The Morgan fingerprint density at radius 3 is 2.78 bits per heavy atom. The van der Waals surface area contributed by atoms with Crippen molar-refractivity contribution in [2.45, 2.75) is 13.2 Å². The number of nitrogens with zero attached hydrogens (tertiary/aromatic N) is 3. The molecule has 9 heteroatoms. The van der Waals surface area contributed by atoms with Crippen LogP contribution in [0.2, 0.25) is 0 Å². The van der Waals surface area contributed by atoms with E-state index >= 15 is 0 Å². The minimum absolute atomic E-state index is 0.132. The van der Waals surface area contributed by atoms with Gasteiger partial charge in [0.2, 0.25) is 0 Å². The van der Waals surface area contributed by atoms with Gasteiger partial charge in [0.05, 0.1) is 12.7 Å². The predicted octanol–water partition coefficient (Wildman–Crippen LogP) is 2.82. The molecule has 0 fully saturated rings. The van der Waals surface area contributed by atoms with Crippen molar-refractivity contribution in [3.63, 3.8) is 0 Å². The molecule has 2 rings (SSSR count). The van der Waals surface area contributed by atoms with Crippen LogP contribution >= 0.6 is 0 Å². The summed E-state index contributed by atoms with van der Waals surface area (Å²) in [7, 11) is 3.32. The molecule has 0 radical (unpaired) electrons. The monoisotopic (exact) mass is 328 g/mol. The molecule has 1 aromatic carbocycles. The van der Waals surface area contributed by atoms with Crippen molar-refractivity contribution < 1.29 is 22.7 Å². The van der Waals surface area contributed by atoms with Crippen LogP contribution in [0.1, 0.15) is 5.56 Å². The van der Waals surface area contributed by atoms with Crippen LogP contribution in [0.3, 0.4) is 0 Å². The molecule has 0 atom stereocenters. The first kappa shape index (κ1) is 16.7. The summed E-state index contributed by atoms with van der Waals surface area (Å²) in [5.74, 6) is -1.57. The third-order valence-electron chi connectivity index (χ3n) is 2.92. The Bertz CT molecular complexity index is 690. The summed E-state index contributed by atoms with van der Waals surface area (Å²) < 4.78 is 43.3. The lowest BCUT2D eigenvalue weighted by atomic mass is 10.3. The van der Waals surface area contributed by atoms with Crippen molar-refractivity contribution in [1.29, 1.82) is 0 Å². The summed E-state index contributed by atoms with van der Waals surface area (Å²) in [5, 5.41) is 6.46. The highest BCUT2D eigenvalue weighted by Gasteiger charge is 2.14. The summed E-state index contributed by atoms with van der Waals surface area (Å²) in [6, 6.07) is 2.73. The van der Waals surface area contributed by atoms with Gasteiger partial charge in [0.25, 0.3) is 0 Å². The first-order valence-corrected chi connectivity index (χ1v) is 6.59. The van der Waals surface area contributed by atoms with Gasteiger partial charge in [-0.25, -0.2) is 9.18 Å². The van der Waals surface area contributed by atoms with E-state index in [-0.39, 0.29) is 5.69 Å². The number of anilines is 1. The first-order valence-electron chi connectivity index (χ1n) is 6.59. The fourth-order valence-corrected chi connectivity index (χ4v) is 1.89. The molecule has 0 unspecified atom stereocenters. The van der Waals surface area contributed by atoms with Gasteiger partial charge in [0.1, 0.15) is 0 Å². The number of urea groups is 1. The summed E-state index contributed by atoms with van der Waals surface area (Å²) >= 11 is 0. The molecule has 1 aromatic heterocycles. The van der Waals surface area contributed by atoms with Gasteiger partial charge in [-0.15, -0.1) is 0 Å². The van der Waals surface area contributed by atoms with Crippen molar-refractivity contribution in [3.8, 4) is 5.75 Å². The van der Waals surface area contributed by atoms with Crippen molar-refractivity contribution in [2.75, 3.05) is 12.4 Å². The van der Waals surface area contributed by atoms with Gasteiger partial charge >= 0.3 is 12.6 Å². The zero-order valence-corrected chi connectivity index (χ0v) is 12.5. The summed E-state index contributed by atoms with van der Waals surface area (Å²) in [6.07, 6.45) is 3.39. The van der Waals surface area contributed by atoms with Crippen LogP contribution in [0, 0.1) is 5.82 Å². The molecular formula is C14H15F3N4O2. The molecule has 0 bridgehead atoms. The summed E-state index contributed by atoms with van der Waals surface area (Å²) in [5.41, 5.74) is 0.962. The van der Waals surface area contributed by atoms with E-state index in [0.29, 0.717) is 6.54 Å². The molecule has 0 aliphatic rings. The fourth-order valence-electron chi connectivity index (χ4n) is 1.89. The van der Waals surface area contributed by atoms with Gasteiger partial charge in [0.15, 0.2) is 11.6 Å². The molecule has 0 saturated carbocycles. The second-order valence-electron chi connectivity index (χ2n) is 4.83. The Morgan fingerprint density at radius 2 is 2.22 bits per heavy atom. The van der Waals surface area contributed by atoms with E-state index in [1.807, 2.05) is 0 Å². The van der Waals surface area contributed by atoms with Crippen LogP contribution in [0.5, 0.6) is 5.75 Å². The fraction of sp³-hybridized carbons (Fsp3) is 0.286. The number of carbonyl (C=O) groups excluding carboxylic acids is 1. The molecule has 0 saturated heterocycles.